The van der Waals surface area contributed by atoms with Crippen LogP contribution in [-0.2, 0) is 4.74 Å². The zero-order valence-electron chi connectivity index (χ0n) is 12.5. The van der Waals surface area contributed by atoms with E-state index < -0.39 is 0 Å². The van der Waals surface area contributed by atoms with Crippen molar-refractivity contribution in [2.24, 2.45) is 0 Å². The Morgan fingerprint density at radius 1 is 1.24 bits per heavy atom. The zero-order chi connectivity index (χ0) is 14.7. The molecule has 2 heterocycles. The van der Waals surface area contributed by atoms with E-state index in [0.717, 1.165) is 36.6 Å². The van der Waals surface area contributed by atoms with Gasteiger partial charge in [-0.1, -0.05) is 0 Å². The molecule has 1 N–H and O–H groups in total. The van der Waals surface area contributed by atoms with E-state index in [4.69, 9.17) is 4.74 Å². The third-order valence-corrected chi connectivity index (χ3v) is 3.92. The Balaban J connectivity index is 1.64. The van der Waals surface area contributed by atoms with Crippen LogP contribution in [0.15, 0.2) is 24.4 Å². The number of rotatable bonds is 4. The number of aromatic nitrogens is 4. The van der Waals surface area contributed by atoms with Gasteiger partial charge in [-0.15, -0.1) is 10.2 Å². The molecule has 0 spiro atoms. The molecular formula is C15H21N5O. The smallest absolute Gasteiger partial charge is 0.175 e. The molecule has 0 saturated heterocycles. The molecule has 3 rings (SSSR count). The Hall–Kier alpha value is -1.95. The van der Waals surface area contributed by atoms with Gasteiger partial charge in [-0.3, -0.25) is 0 Å². The highest BCUT2D eigenvalue weighted by Crippen LogP contribution is 2.23. The van der Waals surface area contributed by atoms with Crippen LogP contribution < -0.4 is 5.32 Å². The molecule has 1 saturated carbocycles. The zero-order valence-corrected chi connectivity index (χ0v) is 12.5. The van der Waals surface area contributed by atoms with E-state index in [1.54, 1.807) is 11.8 Å². The predicted octanol–water partition coefficient (Wildman–Crippen LogP) is 2.34. The van der Waals surface area contributed by atoms with Crippen molar-refractivity contribution >= 4 is 5.82 Å². The fourth-order valence-electron chi connectivity index (χ4n) is 2.77. The molecule has 2 unspecified atom stereocenters. The van der Waals surface area contributed by atoms with Crippen LogP contribution in [0.5, 0.6) is 0 Å². The Bertz CT molecular complexity index is 580. The standard InChI is InChI=1S/C15H21N5O/c1-11-8-9-20(19-11)15-7-6-14(17-18-15)16-12-4-3-5-13(10-12)21-2/h6-9,12-13H,3-5,10H2,1-2H3,(H,16,17). The summed E-state index contributed by atoms with van der Waals surface area (Å²) in [5.74, 6) is 1.54. The van der Waals surface area contributed by atoms with Crippen LogP contribution in [0.2, 0.25) is 0 Å². The number of aryl methyl sites for hydroxylation is 1. The highest BCUT2D eigenvalue weighted by atomic mass is 16.5. The quantitative estimate of drug-likeness (QED) is 0.935. The van der Waals surface area contributed by atoms with Crippen molar-refractivity contribution < 1.29 is 4.74 Å². The minimum absolute atomic E-state index is 0.357. The molecular weight excluding hydrogens is 266 g/mol. The second kappa shape index (κ2) is 6.22. The fourth-order valence-corrected chi connectivity index (χ4v) is 2.77. The van der Waals surface area contributed by atoms with Crippen LogP contribution in [0.4, 0.5) is 5.82 Å². The van der Waals surface area contributed by atoms with Gasteiger partial charge in [-0.2, -0.15) is 5.10 Å². The van der Waals surface area contributed by atoms with Crippen LogP contribution >= 0.6 is 0 Å². The number of ether oxygens (including phenoxy) is 1. The first-order valence-corrected chi connectivity index (χ1v) is 7.40. The van der Waals surface area contributed by atoms with Crippen molar-refractivity contribution in [2.75, 3.05) is 12.4 Å². The van der Waals surface area contributed by atoms with Crippen molar-refractivity contribution in [3.05, 3.63) is 30.1 Å². The first-order valence-electron chi connectivity index (χ1n) is 7.40. The number of hydrogen-bond donors (Lipinski definition) is 1. The second-order valence-electron chi connectivity index (χ2n) is 5.54. The van der Waals surface area contributed by atoms with Gasteiger partial charge >= 0.3 is 0 Å². The third-order valence-electron chi connectivity index (χ3n) is 3.92. The molecule has 0 aliphatic heterocycles. The topological polar surface area (TPSA) is 64.9 Å². The van der Waals surface area contributed by atoms with Crippen LogP contribution in [0.25, 0.3) is 5.82 Å². The van der Waals surface area contributed by atoms with E-state index in [-0.39, 0.29) is 0 Å². The highest BCUT2D eigenvalue weighted by Gasteiger charge is 2.21. The lowest BCUT2D eigenvalue weighted by Crippen LogP contribution is -2.31. The van der Waals surface area contributed by atoms with Crippen LogP contribution in [0.3, 0.4) is 0 Å². The lowest BCUT2D eigenvalue weighted by molar-refractivity contribution is 0.0669. The Kier molecular flexibility index (Phi) is 4.15. The minimum atomic E-state index is 0.357. The molecule has 0 aromatic carbocycles. The minimum Gasteiger partial charge on any atom is -0.381 e. The second-order valence-corrected chi connectivity index (χ2v) is 5.54. The highest BCUT2D eigenvalue weighted by molar-refractivity contribution is 5.37. The normalized spacial score (nSPS) is 22.2. The van der Waals surface area contributed by atoms with Crippen molar-refractivity contribution in [3.8, 4) is 5.82 Å². The monoisotopic (exact) mass is 287 g/mol. The van der Waals surface area contributed by atoms with Crippen LogP contribution in [0.1, 0.15) is 31.4 Å². The number of hydrogen-bond acceptors (Lipinski definition) is 5. The lowest BCUT2D eigenvalue weighted by Gasteiger charge is -2.28. The van der Waals surface area contributed by atoms with Gasteiger partial charge in [0.2, 0.25) is 0 Å². The molecule has 0 radical (unpaired) electrons. The summed E-state index contributed by atoms with van der Waals surface area (Å²) in [4.78, 5) is 0. The number of methoxy groups -OCH3 is 1. The summed E-state index contributed by atoms with van der Waals surface area (Å²) in [6, 6.07) is 6.24. The molecule has 2 aromatic heterocycles. The maximum Gasteiger partial charge on any atom is 0.175 e. The van der Waals surface area contributed by atoms with Crippen molar-refractivity contribution in [2.45, 2.75) is 44.8 Å². The van der Waals surface area contributed by atoms with Gasteiger partial charge < -0.3 is 10.1 Å². The van der Waals surface area contributed by atoms with Crippen LogP contribution in [0, 0.1) is 6.92 Å². The van der Waals surface area contributed by atoms with Gasteiger partial charge in [0.25, 0.3) is 0 Å². The number of nitrogens with one attached hydrogen (secondary N) is 1. The molecule has 0 bridgehead atoms. The van der Waals surface area contributed by atoms with Crippen molar-refractivity contribution in [1.82, 2.24) is 20.0 Å². The molecule has 6 heteroatoms. The Morgan fingerprint density at radius 3 is 2.81 bits per heavy atom. The van der Waals surface area contributed by atoms with E-state index in [2.05, 4.69) is 20.6 Å². The molecule has 112 valence electrons. The number of nitrogens with zero attached hydrogens (tertiary/aromatic N) is 4. The molecule has 1 aliphatic carbocycles. The Morgan fingerprint density at radius 2 is 2.14 bits per heavy atom. The van der Waals surface area contributed by atoms with Gasteiger partial charge in [0.05, 0.1) is 11.8 Å². The summed E-state index contributed by atoms with van der Waals surface area (Å²) in [5.41, 5.74) is 0.965. The van der Waals surface area contributed by atoms with Gasteiger partial charge in [0.1, 0.15) is 5.82 Å². The fraction of sp³-hybridized carbons (Fsp3) is 0.533. The van der Waals surface area contributed by atoms with Gasteiger partial charge in [0.15, 0.2) is 5.82 Å². The molecule has 2 aromatic rings. The van der Waals surface area contributed by atoms with E-state index in [0.29, 0.717) is 12.1 Å². The van der Waals surface area contributed by atoms with E-state index in [1.807, 2.05) is 31.3 Å². The Labute approximate surface area is 124 Å². The molecule has 0 amide bonds. The van der Waals surface area contributed by atoms with Gasteiger partial charge in [0, 0.05) is 19.3 Å². The van der Waals surface area contributed by atoms with Gasteiger partial charge in [-0.25, -0.2) is 4.68 Å². The maximum atomic E-state index is 5.45. The summed E-state index contributed by atoms with van der Waals surface area (Å²) < 4.78 is 7.18. The molecule has 1 fully saturated rings. The first kappa shape index (κ1) is 14.0. The summed E-state index contributed by atoms with van der Waals surface area (Å²) >= 11 is 0. The SMILES string of the molecule is COC1CCCC(Nc2ccc(-n3ccc(C)n3)nn2)C1. The average Bonchev–Trinajstić information content (AvgIpc) is 2.95. The summed E-state index contributed by atoms with van der Waals surface area (Å²) in [7, 11) is 1.79. The largest absolute Gasteiger partial charge is 0.381 e. The van der Waals surface area contributed by atoms with E-state index in [9.17, 15) is 0 Å². The van der Waals surface area contributed by atoms with Crippen molar-refractivity contribution in [3.63, 3.8) is 0 Å². The van der Waals surface area contributed by atoms with E-state index in [1.165, 1.54) is 6.42 Å². The summed E-state index contributed by atoms with van der Waals surface area (Å²) in [6.45, 7) is 1.95. The van der Waals surface area contributed by atoms with Crippen molar-refractivity contribution in [1.29, 1.82) is 0 Å². The maximum absolute atomic E-state index is 5.45. The van der Waals surface area contributed by atoms with E-state index >= 15 is 0 Å². The molecule has 1 aliphatic rings. The van der Waals surface area contributed by atoms with Gasteiger partial charge in [-0.05, 0) is 50.8 Å². The third kappa shape index (κ3) is 3.39. The number of anilines is 1. The van der Waals surface area contributed by atoms with Crippen LogP contribution in [-0.4, -0.2) is 39.2 Å². The average molecular weight is 287 g/mol. The predicted molar refractivity (Wildman–Crippen MR) is 80.6 cm³/mol. The lowest BCUT2D eigenvalue weighted by atomic mass is 9.93. The first-order chi connectivity index (χ1) is 10.2. The molecule has 21 heavy (non-hydrogen) atoms. The molecule has 2 atom stereocenters. The summed E-state index contributed by atoms with van der Waals surface area (Å²) in [5, 5.41) is 16.2. The molecule has 6 nitrogen and oxygen atoms in total. The summed E-state index contributed by atoms with van der Waals surface area (Å²) in [6.07, 6.45) is 6.76.